The first-order valence-corrected chi connectivity index (χ1v) is 17.2. The minimum atomic E-state index is 0.677. The number of hydrogen-bond donors (Lipinski definition) is 0. The number of benzene rings is 8. The van der Waals surface area contributed by atoms with Gasteiger partial charge in [0.25, 0.3) is 0 Å². The van der Waals surface area contributed by atoms with Gasteiger partial charge in [0.1, 0.15) is 0 Å². The summed E-state index contributed by atoms with van der Waals surface area (Å²) in [5.74, 6) is 2.04. The van der Waals surface area contributed by atoms with E-state index in [1.54, 1.807) is 0 Å². The highest BCUT2D eigenvalue weighted by atomic mass is 15.0. The molecule has 3 nitrogen and oxygen atoms in total. The molecule has 234 valence electrons. The summed E-state index contributed by atoms with van der Waals surface area (Å²) >= 11 is 0. The van der Waals surface area contributed by atoms with E-state index in [-0.39, 0.29) is 0 Å². The van der Waals surface area contributed by atoms with Crippen molar-refractivity contribution in [2.24, 2.45) is 0 Å². The summed E-state index contributed by atoms with van der Waals surface area (Å²) in [5.41, 5.74) is 10.8. The molecule has 9 aromatic rings. The van der Waals surface area contributed by atoms with Crippen molar-refractivity contribution >= 4 is 32.3 Å². The first kappa shape index (κ1) is 28.6. The maximum Gasteiger partial charge on any atom is 0.164 e. The average molecular weight is 638 g/mol. The van der Waals surface area contributed by atoms with Crippen molar-refractivity contribution in [1.29, 1.82) is 0 Å². The van der Waals surface area contributed by atoms with Gasteiger partial charge in [-0.15, -0.1) is 0 Å². The summed E-state index contributed by atoms with van der Waals surface area (Å²) in [5, 5.41) is 7.77. The van der Waals surface area contributed by atoms with E-state index in [0.717, 1.165) is 29.5 Å². The van der Waals surface area contributed by atoms with Gasteiger partial charge in [-0.2, -0.15) is 0 Å². The summed E-state index contributed by atoms with van der Waals surface area (Å²) in [6.07, 6.45) is 1.96. The molecule has 0 saturated heterocycles. The maximum absolute atomic E-state index is 5.01. The van der Waals surface area contributed by atoms with E-state index in [1.165, 1.54) is 65.7 Å². The smallest absolute Gasteiger partial charge is 0.164 e. The zero-order valence-electron chi connectivity index (χ0n) is 27.3. The van der Waals surface area contributed by atoms with Gasteiger partial charge >= 0.3 is 0 Å². The molecule has 0 N–H and O–H groups in total. The van der Waals surface area contributed by atoms with Gasteiger partial charge in [-0.05, 0) is 90.7 Å². The third kappa shape index (κ3) is 4.70. The monoisotopic (exact) mass is 637 g/mol. The van der Waals surface area contributed by atoms with Crippen molar-refractivity contribution in [1.82, 2.24) is 15.0 Å². The third-order valence-corrected chi connectivity index (χ3v) is 10.2. The lowest BCUT2D eigenvalue weighted by atomic mass is 9.80. The molecule has 0 radical (unpaired) electrons. The van der Waals surface area contributed by atoms with E-state index in [4.69, 9.17) is 15.0 Å². The van der Waals surface area contributed by atoms with Crippen molar-refractivity contribution in [3.05, 3.63) is 175 Å². The minimum Gasteiger partial charge on any atom is -0.208 e. The highest BCUT2D eigenvalue weighted by molar-refractivity contribution is 6.25. The van der Waals surface area contributed by atoms with Crippen LogP contribution in [0, 0.1) is 0 Å². The van der Waals surface area contributed by atoms with Crippen LogP contribution in [-0.4, -0.2) is 15.0 Å². The van der Waals surface area contributed by atoms with E-state index >= 15 is 0 Å². The minimum absolute atomic E-state index is 0.677. The summed E-state index contributed by atoms with van der Waals surface area (Å²) in [4.78, 5) is 14.9. The Labute approximate surface area is 290 Å². The van der Waals surface area contributed by atoms with Crippen LogP contribution in [0.2, 0.25) is 0 Å². The van der Waals surface area contributed by atoms with Gasteiger partial charge in [0.05, 0.1) is 0 Å². The molecule has 50 heavy (non-hydrogen) atoms. The van der Waals surface area contributed by atoms with Crippen molar-refractivity contribution in [3.8, 4) is 56.4 Å². The van der Waals surface area contributed by atoms with Crippen molar-refractivity contribution in [2.45, 2.75) is 12.8 Å². The van der Waals surface area contributed by atoms with Crippen molar-refractivity contribution in [2.75, 3.05) is 0 Å². The fraction of sp³-hybridized carbons (Fsp3) is 0.0426. The number of aryl methyl sites for hydroxylation is 2. The largest absolute Gasteiger partial charge is 0.208 e. The van der Waals surface area contributed by atoms with E-state index in [0.29, 0.717) is 17.5 Å². The maximum atomic E-state index is 5.01. The van der Waals surface area contributed by atoms with Gasteiger partial charge in [0, 0.05) is 16.7 Å². The first-order chi connectivity index (χ1) is 24.8. The van der Waals surface area contributed by atoms with Crippen LogP contribution in [0.1, 0.15) is 11.1 Å². The van der Waals surface area contributed by atoms with Crippen molar-refractivity contribution < 1.29 is 0 Å². The highest BCUT2D eigenvalue weighted by Gasteiger charge is 2.22. The van der Waals surface area contributed by atoms with Crippen LogP contribution >= 0.6 is 0 Å². The second-order valence-electron chi connectivity index (χ2n) is 13.1. The molecule has 3 heteroatoms. The highest BCUT2D eigenvalue weighted by Crippen LogP contribution is 2.44. The zero-order valence-corrected chi connectivity index (χ0v) is 27.3. The van der Waals surface area contributed by atoms with Gasteiger partial charge in [-0.3, -0.25) is 0 Å². The quantitative estimate of drug-likeness (QED) is 0.180. The molecule has 0 spiro atoms. The Morgan fingerprint density at radius 1 is 0.300 bits per heavy atom. The molecule has 1 aliphatic rings. The van der Waals surface area contributed by atoms with E-state index in [1.807, 2.05) is 36.4 Å². The summed E-state index contributed by atoms with van der Waals surface area (Å²) in [6.45, 7) is 0. The average Bonchev–Trinajstić information content (AvgIpc) is 3.20. The third-order valence-electron chi connectivity index (χ3n) is 10.2. The van der Waals surface area contributed by atoms with Crippen molar-refractivity contribution in [3.63, 3.8) is 0 Å². The van der Waals surface area contributed by atoms with Crippen LogP contribution in [0.5, 0.6) is 0 Å². The predicted octanol–water partition coefficient (Wildman–Crippen LogP) is 11.8. The van der Waals surface area contributed by atoms with Gasteiger partial charge in [0.15, 0.2) is 17.5 Å². The Hall–Kier alpha value is -6.45. The molecule has 10 rings (SSSR count). The van der Waals surface area contributed by atoms with Crippen LogP contribution < -0.4 is 0 Å². The summed E-state index contributed by atoms with van der Waals surface area (Å²) < 4.78 is 0. The Kier molecular flexibility index (Phi) is 6.63. The molecule has 1 aromatic heterocycles. The molecule has 1 heterocycles. The molecule has 0 bridgehead atoms. The molecule has 1 aliphatic carbocycles. The van der Waals surface area contributed by atoms with Gasteiger partial charge in [-0.1, -0.05) is 152 Å². The molecule has 0 aliphatic heterocycles. The fourth-order valence-corrected chi connectivity index (χ4v) is 7.83. The number of nitrogens with zero attached hydrogens (tertiary/aromatic N) is 3. The Morgan fingerprint density at radius 2 is 0.800 bits per heavy atom. The molecular formula is C47H31N3. The molecule has 0 atom stereocenters. The van der Waals surface area contributed by atoms with Gasteiger partial charge in [-0.25, -0.2) is 15.0 Å². The van der Waals surface area contributed by atoms with E-state index < -0.39 is 0 Å². The van der Waals surface area contributed by atoms with E-state index in [9.17, 15) is 0 Å². The topological polar surface area (TPSA) is 38.7 Å². The zero-order chi connectivity index (χ0) is 33.0. The Balaban J connectivity index is 1.12. The molecule has 0 saturated carbocycles. The predicted molar refractivity (Wildman–Crippen MR) is 207 cm³/mol. The van der Waals surface area contributed by atoms with Crippen LogP contribution in [0.15, 0.2) is 164 Å². The number of rotatable bonds is 4. The molecule has 0 unspecified atom stereocenters. The second kappa shape index (κ2) is 11.6. The van der Waals surface area contributed by atoms with E-state index in [2.05, 4.69) is 127 Å². The summed E-state index contributed by atoms with van der Waals surface area (Å²) in [6, 6.07) is 58.5. The van der Waals surface area contributed by atoms with Gasteiger partial charge in [0.2, 0.25) is 0 Å². The normalized spacial score (nSPS) is 12.2. The first-order valence-electron chi connectivity index (χ1n) is 17.2. The van der Waals surface area contributed by atoms with Gasteiger partial charge < -0.3 is 0 Å². The Bertz CT molecular complexity index is 2660. The SMILES string of the molecule is c1ccc(-c2nc(-c3ccccc3)nc(-c3ccc4c(c3)CCc3cccc(-c5ccc6c7ccccc7c7ccccc7c6c5)c3-4)n2)cc1. The number of aromatic nitrogens is 3. The van der Waals surface area contributed by atoms with Crippen LogP contribution in [0.3, 0.4) is 0 Å². The van der Waals surface area contributed by atoms with Crippen LogP contribution in [0.4, 0.5) is 0 Å². The molecule has 0 amide bonds. The molecule has 8 aromatic carbocycles. The van der Waals surface area contributed by atoms with Crippen LogP contribution in [0.25, 0.3) is 88.7 Å². The number of fused-ring (bicyclic) bond motifs is 9. The lowest BCUT2D eigenvalue weighted by molar-refractivity contribution is 0.942. The van der Waals surface area contributed by atoms with Crippen LogP contribution in [-0.2, 0) is 12.8 Å². The second-order valence-corrected chi connectivity index (χ2v) is 13.1. The standard InChI is InChI=1S/C47H31N3/c1-3-12-31(13-4-1)45-48-46(32-14-5-2-6-15-32)50-47(49-45)35-25-26-37-33(28-35)23-22-30-16-11-21-36(44(30)37)34-24-27-42-40-19-8-7-17-38(40)39-18-9-10-20-41(39)43(42)29-34/h1-21,24-29H,22-23H2. The lowest BCUT2D eigenvalue weighted by Gasteiger charge is -2.24. The number of hydrogen-bond acceptors (Lipinski definition) is 3. The summed E-state index contributed by atoms with van der Waals surface area (Å²) in [7, 11) is 0. The Morgan fingerprint density at radius 3 is 1.42 bits per heavy atom. The lowest BCUT2D eigenvalue weighted by Crippen LogP contribution is -2.06. The molecule has 0 fully saturated rings. The fourth-order valence-electron chi connectivity index (χ4n) is 7.83. The molecular weight excluding hydrogens is 607 g/mol.